The largest absolute Gasteiger partial charge is 0.481 e. The van der Waals surface area contributed by atoms with E-state index in [-0.39, 0.29) is 16.8 Å². The van der Waals surface area contributed by atoms with E-state index in [0.29, 0.717) is 30.1 Å². The summed E-state index contributed by atoms with van der Waals surface area (Å²) in [5.74, 6) is -1.48. The average Bonchev–Trinajstić information content (AvgIpc) is 2.40. The molecule has 1 saturated heterocycles. The molecule has 2 unspecified atom stereocenters. The summed E-state index contributed by atoms with van der Waals surface area (Å²) in [5, 5.41) is 9.67. The van der Waals surface area contributed by atoms with Crippen LogP contribution in [0.25, 0.3) is 0 Å². The average molecular weight is 316 g/mol. The lowest BCUT2D eigenvalue weighted by molar-refractivity contribution is -0.145. The second-order valence-corrected chi connectivity index (χ2v) is 5.85. The van der Waals surface area contributed by atoms with Gasteiger partial charge in [-0.25, -0.2) is 0 Å². The summed E-state index contributed by atoms with van der Waals surface area (Å²) in [6, 6.07) is 4.93. The Bertz CT molecular complexity index is 547. The van der Waals surface area contributed by atoms with E-state index in [1.54, 1.807) is 23.1 Å². The van der Waals surface area contributed by atoms with Gasteiger partial charge >= 0.3 is 5.97 Å². The third-order valence-corrected chi connectivity index (χ3v) is 4.51. The molecule has 2 rings (SSSR count). The second kappa shape index (κ2) is 6.02. The van der Waals surface area contributed by atoms with Gasteiger partial charge in [-0.15, -0.1) is 0 Å². The highest BCUT2D eigenvalue weighted by atomic mass is 35.5. The first-order chi connectivity index (χ1) is 9.41. The summed E-state index contributed by atoms with van der Waals surface area (Å²) >= 11 is 12.0. The summed E-state index contributed by atoms with van der Waals surface area (Å²) in [6.07, 6.45) is 0.459. The number of hydrogen-bond donors (Lipinski definition) is 1. The van der Waals surface area contributed by atoms with E-state index in [0.717, 1.165) is 0 Å². The number of carboxylic acid groups (broad SMARTS) is 1. The van der Waals surface area contributed by atoms with Crippen molar-refractivity contribution in [3.63, 3.8) is 0 Å². The minimum Gasteiger partial charge on any atom is -0.481 e. The van der Waals surface area contributed by atoms with E-state index in [1.165, 1.54) is 0 Å². The van der Waals surface area contributed by atoms with Gasteiger partial charge in [-0.2, -0.15) is 0 Å². The highest BCUT2D eigenvalue weighted by Gasteiger charge is 2.33. The Balaban J connectivity index is 2.15. The predicted molar refractivity (Wildman–Crippen MR) is 77.3 cm³/mol. The number of carbonyl (C=O) groups excluding carboxylic acids is 1. The lowest BCUT2D eigenvalue weighted by Crippen LogP contribution is -2.45. The molecule has 1 aliphatic rings. The van der Waals surface area contributed by atoms with Crippen molar-refractivity contribution >= 4 is 35.1 Å². The Morgan fingerprint density at radius 3 is 2.65 bits per heavy atom. The number of rotatable bonds is 2. The third kappa shape index (κ3) is 2.91. The number of benzene rings is 1. The van der Waals surface area contributed by atoms with Crippen molar-refractivity contribution < 1.29 is 14.7 Å². The van der Waals surface area contributed by atoms with Crippen molar-refractivity contribution in [1.82, 2.24) is 4.90 Å². The molecule has 6 heteroatoms. The molecular formula is C14H15Cl2NO3. The fourth-order valence-corrected chi connectivity index (χ4v) is 2.92. The van der Waals surface area contributed by atoms with Gasteiger partial charge in [0.25, 0.3) is 5.91 Å². The minimum atomic E-state index is -0.801. The number of likely N-dealkylation sites (tertiary alicyclic amines) is 1. The Hall–Kier alpha value is -1.26. The highest BCUT2D eigenvalue weighted by molar-refractivity contribution is 6.43. The molecule has 0 saturated carbocycles. The van der Waals surface area contributed by atoms with E-state index in [4.69, 9.17) is 28.3 Å². The molecule has 1 aromatic rings. The van der Waals surface area contributed by atoms with Crippen LogP contribution in [-0.2, 0) is 4.79 Å². The minimum absolute atomic E-state index is 0.0804. The molecule has 20 heavy (non-hydrogen) atoms. The molecular weight excluding hydrogens is 301 g/mol. The summed E-state index contributed by atoms with van der Waals surface area (Å²) < 4.78 is 0. The van der Waals surface area contributed by atoms with Crippen molar-refractivity contribution in [3.8, 4) is 0 Å². The maximum Gasteiger partial charge on any atom is 0.306 e. The number of aliphatic carboxylic acids is 1. The van der Waals surface area contributed by atoms with Crippen LogP contribution < -0.4 is 0 Å². The number of halogens is 2. The number of piperidine rings is 1. The van der Waals surface area contributed by atoms with Crippen molar-refractivity contribution in [3.05, 3.63) is 33.8 Å². The number of carbonyl (C=O) groups is 2. The van der Waals surface area contributed by atoms with Crippen LogP contribution in [0.2, 0.25) is 10.0 Å². The Kier molecular flexibility index (Phi) is 4.55. The summed E-state index contributed by atoms with van der Waals surface area (Å²) in [4.78, 5) is 25.1. The first-order valence-electron chi connectivity index (χ1n) is 6.38. The number of hydrogen-bond acceptors (Lipinski definition) is 2. The second-order valence-electron chi connectivity index (χ2n) is 5.06. The topological polar surface area (TPSA) is 57.6 Å². The van der Waals surface area contributed by atoms with E-state index in [2.05, 4.69) is 0 Å². The molecule has 0 spiro atoms. The Morgan fingerprint density at radius 1 is 1.35 bits per heavy atom. The Labute approximate surface area is 127 Å². The predicted octanol–water partition coefficient (Wildman–Crippen LogP) is 3.18. The van der Waals surface area contributed by atoms with Crippen molar-refractivity contribution in [2.45, 2.75) is 13.3 Å². The van der Waals surface area contributed by atoms with Crippen LogP contribution in [0.15, 0.2) is 18.2 Å². The monoisotopic (exact) mass is 315 g/mol. The first kappa shape index (κ1) is 15.1. The molecule has 1 aliphatic heterocycles. The van der Waals surface area contributed by atoms with Crippen LogP contribution in [-0.4, -0.2) is 35.0 Å². The number of carboxylic acids is 1. The summed E-state index contributed by atoms with van der Waals surface area (Å²) in [7, 11) is 0. The molecule has 0 bridgehead atoms. The van der Waals surface area contributed by atoms with Crippen molar-refractivity contribution in [1.29, 1.82) is 0 Å². The number of nitrogens with zero attached hydrogens (tertiary/aromatic N) is 1. The molecule has 1 aromatic carbocycles. The van der Waals surface area contributed by atoms with E-state index in [9.17, 15) is 9.59 Å². The van der Waals surface area contributed by atoms with Gasteiger partial charge in [-0.3, -0.25) is 9.59 Å². The molecule has 108 valence electrons. The maximum absolute atomic E-state index is 12.4. The van der Waals surface area contributed by atoms with Crippen molar-refractivity contribution in [2.75, 3.05) is 13.1 Å². The molecule has 1 fully saturated rings. The Morgan fingerprint density at radius 2 is 2.05 bits per heavy atom. The molecule has 1 N–H and O–H groups in total. The lowest BCUT2D eigenvalue weighted by atomic mass is 9.87. The van der Waals surface area contributed by atoms with Crippen LogP contribution in [0.1, 0.15) is 23.7 Å². The zero-order valence-corrected chi connectivity index (χ0v) is 12.5. The van der Waals surface area contributed by atoms with E-state index < -0.39 is 11.9 Å². The van der Waals surface area contributed by atoms with Crippen LogP contribution in [0.3, 0.4) is 0 Å². The van der Waals surface area contributed by atoms with Crippen LogP contribution in [0, 0.1) is 11.8 Å². The molecule has 1 heterocycles. The molecule has 0 aliphatic carbocycles. The van der Waals surface area contributed by atoms with Gasteiger partial charge in [0.05, 0.1) is 21.5 Å². The molecule has 4 nitrogen and oxygen atoms in total. The molecule has 0 radical (unpaired) electrons. The van der Waals surface area contributed by atoms with Crippen LogP contribution in [0.4, 0.5) is 0 Å². The lowest BCUT2D eigenvalue weighted by Gasteiger charge is -2.35. The van der Waals surface area contributed by atoms with Gasteiger partial charge in [0.2, 0.25) is 0 Å². The van der Waals surface area contributed by atoms with E-state index >= 15 is 0 Å². The standard InChI is InChI=1S/C14H15Cl2NO3/c1-8-7-17(6-5-9(8)14(19)20)13(18)10-3-2-4-11(15)12(10)16/h2-4,8-9H,5-7H2,1H3,(H,19,20). The van der Waals surface area contributed by atoms with E-state index in [1.807, 2.05) is 6.92 Å². The first-order valence-corrected chi connectivity index (χ1v) is 7.13. The van der Waals surface area contributed by atoms with Crippen LogP contribution >= 0.6 is 23.2 Å². The normalized spacial score (nSPS) is 22.6. The quantitative estimate of drug-likeness (QED) is 0.912. The summed E-state index contributed by atoms with van der Waals surface area (Å²) in [5.41, 5.74) is 0.361. The third-order valence-electron chi connectivity index (χ3n) is 3.69. The van der Waals surface area contributed by atoms with Gasteiger partial charge in [0.1, 0.15) is 0 Å². The molecule has 2 atom stereocenters. The molecule has 1 amide bonds. The van der Waals surface area contributed by atoms with Gasteiger partial charge in [0, 0.05) is 13.1 Å². The zero-order valence-electron chi connectivity index (χ0n) is 11.0. The number of amides is 1. The van der Waals surface area contributed by atoms with Crippen LogP contribution in [0.5, 0.6) is 0 Å². The summed E-state index contributed by atoms with van der Waals surface area (Å²) in [6.45, 7) is 2.68. The fraction of sp³-hybridized carbons (Fsp3) is 0.429. The van der Waals surface area contributed by atoms with Gasteiger partial charge in [-0.1, -0.05) is 36.2 Å². The van der Waals surface area contributed by atoms with Gasteiger partial charge < -0.3 is 10.0 Å². The smallest absolute Gasteiger partial charge is 0.306 e. The highest BCUT2D eigenvalue weighted by Crippen LogP contribution is 2.29. The van der Waals surface area contributed by atoms with Crippen molar-refractivity contribution in [2.24, 2.45) is 11.8 Å². The SMILES string of the molecule is CC1CN(C(=O)c2cccc(Cl)c2Cl)CCC1C(=O)O. The maximum atomic E-state index is 12.4. The van der Waals surface area contributed by atoms with Gasteiger partial charge in [0.15, 0.2) is 0 Å². The zero-order chi connectivity index (χ0) is 14.9. The van der Waals surface area contributed by atoms with Gasteiger partial charge in [-0.05, 0) is 24.5 Å². The molecule has 0 aromatic heterocycles. The fourth-order valence-electron chi connectivity index (χ4n) is 2.54.